The summed E-state index contributed by atoms with van der Waals surface area (Å²) in [4.78, 5) is 2.48. The topological polar surface area (TPSA) is 50.8 Å². The van der Waals surface area contributed by atoms with Crippen LogP contribution in [0.2, 0.25) is 0 Å². The van der Waals surface area contributed by atoms with Crippen LogP contribution in [0, 0.1) is 34.5 Å². The fourth-order valence-electron chi connectivity index (χ4n) is 2.77. The standard InChI is InChI=1S/C21H35N3/c1-7-10-11-18(5)16-24(15-17(4)8-2)21(9-3)12-19(6)20(13-22)14-23/h12,17-18H,7-11,15-16H2,1-6H3. The zero-order valence-electron chi connectivity index (χ0n) is 16.5. The molecular weight excluding hydrogens is 294 g/mol. The van der Waals surface area contributed by atoms with E-state index in [0.29, 0.717) is 11.8 Å². The second-order valence-electron chi connectivity index (χ2n) is 6.94. The summed E-state index contributed by atoms with van der Waals surface area (Å²) in [5, 5.41) is 18.1. The predicted octanol–water partition coefficient (Wildman–Crippen LogP) is 5.82. The van der Waals surface area contributed by atoms with E-state index < -0.39 is 0 Å². The molecule has 0 aliphatic carbocycles. The van der Waals surface area contributed by atoms with Gasteiger partial charge in [-0.05, 0) is 43.3 Å². The maximum absolute atomic E-state index is 9.07. The molecular formula is C21H35N3. The first kappa shape index (κ1) is 22.3. The molecule has 0 fully saturated rings. The molecule has 0 aliphatic heterocycles. The lowest BCUT2D eigenvalue weighted by molar-refractivity contribution is 0.243. The van der Waals surface area contributed by atoms with Gasteiger partial charge in [-0.3, -0.25) is 0 Å². The highest BCUT2D eigenvalue weighted by molar-refractivity contribution is 5.44. The van der Waals surface area contributed by atoms with Crippen molar-refractivity contribution < 1.29 is 0 Å². The van der Waals surface area contributed by atoms with Gasteiger partial charge >= 0.3 is 0 Å². The van der Waals surface area contributed by atoms with Gasteiger partial charge in [0, 0.05) is 18.8 Å². The lowest BCUT2D eigenvalue weighted by Crippen LogP contribution is -2.32. The van der Waals surface area contributed by atoms with Crippen LogP contribution in [-0.4, -0.2) is 18.0 Å². The number of hydrogen-bond donors (Lipinski definition) is 0. The third-order valence-electron chi connectivity index (χ3n) is 4.58. The molecule has 0 N–H and O–H groups in total. The largest absolute Gasteiger partial charge is 0.374 e. The van der Waals surface area contributed by atoms with Gasteiger partial charge in [-0.15, -0.1) is 0 Å². The third kappa shape index (κ3) is 8.21. The number of nitriles is 2. The number of hydrogen-bond acceptors (Lipinski definition) is 3. The molecule has 0 aromatic rings. The molecule has 0 amide bonds. The molecule has 2 unspecified atom stereocenters. The average Bonchev–Trinajstić information content (AvgIpc) is 2.58. The predicted molar refractivity (Wildman–Crippen MR) is 102 cm³/mol. The lowest BCUT2D eigenvalue weighted by Gasteiger charge is -2.32. The van der Waals surface area contributed by atoms with E-state index in [1.165, 1.54) is 25.0 Å². The smallest absolute Gasteiger partial charge is 0.132 e. The summed E-state index contributed by atoms with van der Waals surface area (Å²) in [6.07, 6.45) is 7.88. The van der Waals surface area contributed by atoms with Gasteiger partial charge in [0.15, 0.2) is 0 Å². The van der Waals surface area contributed by atoms with E-state index in [2.05, 4.69) is 39.5 Å². The Morgan fingerprint density at radius 2 is 1.62 bits per heavy atom. The van der Waals surface area contributed by atoms with Crippen LogP contribution >= 0.6 is 0 Å². The minimum absolute atomic E-state index is 0.212. The Bertz CT molecular complexity index is 486. The van der Waals surface area contributed by atoms with Crippen molar-refractivity contribution in [3.8, 4) is 12.1 Å². The Balaban J connectivity index is 5.45. The molecule has 0 saturated carbocycles. The quantitative estimate of drug-likeness (QED) is 0.354. The minimum Gasteiger partial charge on any atom is -0.374 e. The summed E-state index contributed by atoms with van der Waals surface area (Å²) < 4.78 is 0. The first-order valence-corrected chi connectivity index (χ1v) is 9.39. The molecule has 0 aromatic carbocycles. The van der Waals surface area contributed by atoms with Crippen LogP contribution in [0.25, 0.3) is 0 Å². The van der Waals surface area contributed by atoms with Crippen molar-refractivity contribution in [2.24, 2.45) is 11.8 Å². The second-order valence-corrected chi connectivity index (χ2v) is 6.94. The highest BCUT2D eigenvalue weighted by Crippen LogP contribution is 2.20. The van der Waals surface area contributed by atoms with Crippen molar-refractivity contribution in [2.45, 2.75) is 73.6 Å². The van der Waals surface area contributed by atoms with Crippen molar-refractivity contribution in [1.29, 1.82) is 10.5 Å². The molecule has 0 aliphatic rings. The summed E-state index contributed by atoms with van der Waals surface area (Å²) >= 11 is 0. The van der Waals surface area contributed by atoms with Crippen molar-refractivity contribution in [1.82, 2.24) is 4.90 Å². The Morgan fingerprint density at radius 1 is 1.04 bits per heavy atom. The van der Waals surface area contributed by atoms with Crippen LogP contribution < -0.4 is 0 Å². The number of unbranched alkanes of at least 4 members (excludes halogenated alkanes) is 1. The Hall–Kier alpha value is -1.74. The first-order chi connectivity index (χ1) is 11.4. The van der Waals surface area contributed by atoms with Gasteiger partial charge in [0.2, 0.25) is 0 Å². The van der Waals surface area contributed by atoms with Crippen LogP contribution in [-0.2, 0) is 0 Å². The lowest BCUT2D eigenvalue weighted by atomic mass is 10.0. The van der Waals surface area contributed by atoms with E-state index in [0.717, 1.165) is 31.5 Å². The fraction of sp³-hybridized carbons (Fsp3) is 0.714. The van der Waals surface area contributed by atoms with E-state index in [1.54, 1.807) is 0 Å². The van der Waals surface area contributed by atoms with Crippen LogP contribution in [0.4, 0.5) is 0 Å². The zero-order chi connectivity index (χ0) is 18.5. The van der Waals surface area contributed by atoms with Gasteiger partial charge < -0.3 is 4.90 Å². The summed E-state index contributed by atoms with van der Waals surface area (Å²) in [7, 11) is 0. The summed E-state index contributed by atoms with van der Waals surface area (Å²) in [6.45, 7) is 15.2. The number of rotatable bonds is 11. The fourth-order valence-corrected chi connectivity index (χ4v) is 2.77. The minimum atomic E-state index is 0.212. The highest BCUT2D eigenvalue weighted by atomic mass is 15.1. The van der Waals surface area contributed by atoms with Crippen molar-refractivity contribution in [3.05, 3.63) is 22.9 Å². The first-order valence-electron chi connectivity index (χ1n) is 9.39. The molecule has 0 saturated heterocycles. The molecule has 3 nitrogen and oxygen atoms in total. The van der Waals surface area contributed by atoms with E-state index >= 15 is 0 Å². The normalized spacial score (nSPS) is 13.6. The molecule has 0 spiro atoms. The van der Waals surface area contributed by atoms with Crippen LogP contribution in [0.5, 0.6) is 0 Å². The van der Waals surface area contributed by atoms with Gasteiger partial charge in [-0.25, -0.2) is 0 Å². The van der Waals surface area contributed by atoms with Crippen molar-refractivity contribution in [3.63, 3.8) is 0 Å². The summed E-state index contributed by atoms with van der Waals surface area (Å²) in [5.41, 5.74) is 2.22. The summed E-state index contributed by atoms with van der Waals surface area (Å²) in [6, 6.07) is 3.99. The van der Waals surface area contributed by atoms with Gasteiger partial charge in [0.05, 0.1) is 0 Å². The Kier molecular flexibility index (Phi) is 11.7. The van der Waals surface area contributed by atoms with Gasteiger partial charge in [-0.1, -0.05) is 53.9 Å². The van der Waals surface area contributed by atoms with Crippen LogP contribution in [0.1, 0.15) is 73.6 Å². The summed E-state index contributed by atoms with van der Waals surface area (Å²) in [5.74, 6) is 1.29. The molecule has 134 valence electrons. The molecule has 24 heavy (non-hydrogen) atoms. The Labute approximate surface area is 149 Å². The monoisotopic (exact) mass is 329 g/mol. The van der Waals surface area contributed by atoms with E-state index in [4.69, 9.17) is 10.5 Å². The molecule has 0 heterocycles. The number of nitrogens with zero attached hydrogens (tertiary/aromatic N) is 3. The maximum atomic E-state index is 9.07. The van der Waals surface area contributed by atoms with Gasteiger partial charge in [-0.2, -0.15) is 10.5 Å². The SMILES string of the molecule is CCCCC(C)CN(CC(C)CC)C(=CC(C)=C(C#N)C#N)CC. The molecule has 0 bridgehead atoms. The van der Waals surface area contributed by atoms with Crippen molar-refractivity contribution in [2.75, 3.05) is 13.1 Å². The van der Waals surface area contributed by atoms with Crippen LogP contribution in [0.3, 0.4) is 0 Å². The highest BCUT2D eigenvalue weighted by Gasteiger charge is 2.15. The second kappa shape index (κ2) is 12.7. The van der Waals surface area contributed by atoms with Gasteiger partial charge in [0.25, 0.3) is 0 Å². The molecule has 0 rings (SSSR count). The molecule has 0 radical (unpaired) electrons. The third-order valence-corrected chi connectivity index (χ3v) is 4.58. The van der Waals surface area contributed by atoms with Gasteiger partial charge in [0.1, 0.15) is 17.7 Å². The van der Waals surface area contributed by atoms with E-state index in [1.807, 2.05) is 25.1 Å². The van der Waals surface area contributed by atoms with Crippen LogP contribution in [0.15, 0.2) is 22.9 Å². The van der Waals surface area contributed by atoms with Crippen molar-refractivity contribution >= 4 is 0 Å². The zero-order valence-corrected chi connectivity index (χ0v) is 16.5. The average molecular weight is 330 g/mol. The number of allylic oxidation sites excluding steroid dienone is 4. The molecule has 0 aromatic heterocycles. The Morgan fingerprint density at radius 3 is 2.08 bits per heavy atom. The maximum Gasteiger partial charge on any atom is 0.132 e. The van der Waals surface area contributed by atoms with E-state index in [9.17, 15) is 0 Å². The van der Waals surface area contributed by atoms with E-state index in [-0.39, 0.29) is 5.57 Å². The molecule has 3 heteroatoms. The molecule has 2 atom stereocenters.